The Morgan fingerprint density at radius 3 is 2.56 bits per heavy atom. The number of anilines is 1. The number of para-hydroxylation sites is 1. The van der Waals surface area contributed by atoms with E-state index >= 15 is 0 Å². The molecule has 1 N–H and O–H groups in total. The van der Waals surface area contributed by atoms with Crippen LogP contribution in [0.3, 0.4) is 0 Å². The summed E-state index contributed by atoms with van der Waals surface area (Å²) in [5, 5.41) is 2.79. The molecule has 2 aromatic rings. The van der Waals surface area contributed by atoms with Gasteiger partial charge in [0, 0.05) is 19.4 Å². The van der Waals surface area contributed by atoms with Gasteiger partial charge in [-0.2, -0.15) is 0 Å². The van der Waals surface area contributed by atoms with Crippen molar-refractivity contribution in [3.63, 3.8) is 0 Å². The molecule has 34 heavy (non-hydrogen) atoms. The summed E-state index contributed by atoms with van der Waals surface area (Å²) in [6, 6.07) is 11.8. The molecule has 3 amide bonds. The van der Waals surface area contributed by atoms with E-state index in [0.717, 1.165) is 0 Å². The number of halogens is 1. The number of benzene rings is 2. The molecule has 2 aliphatic heterocycles. The Bertz CT molecular complexity index is 1140. The molecule has 4 rings (SSSR count). The summed E-state index contributed by atoms with van der Waals surface area (Å²) < 4.78 is 18.1. The van der Waals surface area contributed by atoms with Gasteiger partial charge in [-0.05, 0) is 43.2 Å². The summed E-state index contributed by atoms with van der Waals surface area (Å²) in [5.41, 5.74) is 0.714. The molecule has 2 aromatic carbocycles. The fourth-order valence-corrected chi connectivity index (χ4v) is 4.72. The second-order valence-corrected chi connectivity index (χ2v) is 8.62. The van der Waals surface area contributed by atoms with Crippen molar-refractivity contribution in [2.45, 2.75) is 44.3 Å². The monoisotopic (exact) mass is 467 g/mol. The number of nitrogens with zero attached hydrogens (tertiary/aromatic N) is 2. The quantitative estimate of drug-likeness (QED) is 0.632. The molecule has 0 saturated carbocycles. The molecule has 2 unspecified atom stereocenters. The number of methoxy groups -OCH3 is 1. The van der Waals surface area contributed by atoms with Gasteiger partial charge >= 0.3 is 5.97 Å². The van der Waals surface area contributed by atoms with Gasteiger partial charge in [0.1, 0.15) is 11.5 Å². The topological polar surface area (TPSA) is 96.0 Å². The van der Waals surface area contributed by atoms with Crippen molar-refractivity contribution in [3.8, 4) is 0 Å². The average Bonchev–Trinajstić information content (AvgIpc) is 3.13. The molecule has 8 nitrogen and oxygen atoms in total. The first kappa shape index (κ1) is 23.4. The predicted molar refractivity (Wildman–Crippen MR) is 121 cm³/mol. The van der Waals surface area contributed by atoms with E-state index in [1.165, 1.54) is 31.4 Å². The molecular formula is C25H26FN3O5. The molecule has 0 spiro atoms. The lowest BCUT2D eigenvalue weighted by atomic mass is 9.98. The fraction of sp³-hybridized carbons (Fsp3) is 0.360. The Morgan fingerprint density at radius 1 is 1.15 bits per heavy atom. The molecule has 2 atom stereocenters. The SMILES string of the molecule is COC(=O)CC(NC(=O)CCN1C(=O)c2ccccc2N2C(=O)CCC12C)c1ccc(F)cc1. The standard InChI is InChI=1S/C25H26FN3O5/c1-25-13-11-22(31)29(25)20-6-4-3-5-18(20)24(33)28(25)14-12-21(30)27-19(15-23(32)34-2)16-7-9-17(26)10-8-16/h3-10,19H,11-15H2,1-2H3,(H,27,30). The average molecular weight is 467 g/mol. The summed E-state index contributed by atoms with van der Waals surface area (Å²) in [4.78, 5) is 53.9. The number of carbonyl (C=O) groups excluding carboxylic acids is 4. The van der Waals surface area contributed by atoms with Gasteiger partial charge in [-0.15, -0.1) is 0 Å². The number of amides is 3. The van der Waals surface area contributed by atoms with E-state index in [-0.39, 0.29) is 37.1 Å². The van der Waals surface area contributed by atoms with Gasteiger partial charge < -0.3 is 15.0 Å². The van der Waals surface area contributed by atoms with Crippen LogP contribution in [0.15, 0.2) is 48.5 Å². The minimum absolute atomic E-state index is 0.0373. The van der Waals surface area contributed by atoms with Crippen LogP contribution in [0.4, 0.5) is 10.1 Å². The summed E-state index contributed by atoms with van der Waals surface area (Å²) >= 11 is 0. The third-order valence-corrected chi connectivity index (χ3v) is 6.51. The van der Waals surface area contributed by atoms with Crippen LogP contribution < -0.4 is 10.2 Å². The molecular weight excluding hydrogens is 441 g/mol. The summed E-state index contributed by atoms with van der Waals surface area (Å²) in [5.74, 6) is -1.64. The van der Waals surface area contributed by atoms with Crippen LogP contribution in [0.1, 0.15) is 54.6 Å². The van der Waals surface area contributed by atoms with Gasteiger partial charge in [-0.25, -0.2) is 4.39 Å². The molecule has 178 valence electrons. The summed E-state index contributed by atoms with van der Waals surface area (Å²) in [6.45, 7) is 1.93. The van der Waals surface area contributed by atoms with E-state index in [1.54, 1.807) is 34.1 Å². The summed E-state index contributed by atoms with van der Waals surface area (Å²) in [6.07, 6.45) is 0.620. The van der Waals surface area contributed by atoms with E-state index in [1.807, 2.05) is 6.92 Å². The van der Waals surface area contributed by atoms with Gasteiger partial charge in [-0.3, -0.25) is 24.1 Å². The van der Waals surface area contributed by atoms with Crippen LogP contribution in [0.5, 0.6) is 0 Å². The van der Waals surface area contributed by atoms with Crippen LogP contribution in [0.25, 0.3) is 0 Å². The number of ether oxygens (including phenoxy) is 1. The highest BCUT2D eigenvalue weighted by Gasteiger charge is 2.52. The van der Waals surface area contributed by atoms with Gasteiger partial charge in [0.05, 0.1) is 30.8 Å². The van der Waals surface area contributed by atoms with Gasteiger partial charge in [0.2, 0.25) is 11.8 Å². The van der Waals surface area contributed by atoms with E-state index in [4.69, 9.17) is 4.74 Å². The van der Waals surface area contributed by atoms with Crippen molar-refractivity contribution in [2.24, 2.45) is 0 Å². The normalized spacial score (nSPS) is 20.0. The Labute approximate surface area is 196 Å². The number of rotatable bonds is 7. The first-order valence-electron chi connectivity index (χ1n) is 11.1. The lowest BCUT2D eigenvalue weighted by Crippen LogP contribution is -2.62. The van der Waals surface area contributed by atoms with Crippen LogP contribution >= 0.6 is 0 Å². The largest absolute Gasteiger partial charge is 0.469 e. The third kappa shape index (κ3) is 4.25. The lowest BCUT2D eigenvalue weighted by molar-refractivity contribution is -0.141. The highest BCUT2D eigenvalue weighted by molar-refractivity contribution is 6.10. The Hall–Kier alpha value is -3.75. The minimum Gasteiger partial charge on any atom is -0.469 e. The molecule has 1 fully saturated rings. The van der Waals surface area contributed by atoms with Crippen LogP contribution in [-0.2, 0) is 19.1 Å². The molecule has 0 aliphatic carbocycles. The molecule has 0 radical (unpaired) electrons. The van der Waals surface area contributed by atoms with Gasteiger partial charge in [-0.1, -0.05) is 24.3 Å². The van der Waals surface area contributed by atoms with Crippen molar-refractivity contribution in [2.75, 3.05) is 18.6 Å². The van der Waals surface area contributed by atoms with Crippen molar-refractivity contribution in [1.82, 2.24) is 10.2 Å². The molecule has 1 saturated heterocycles. The number of hydrogen-bond donors (Lipinski definition) is 1. The zero-order valence-electron chi connectivity index (χ0n) is 19.0. The Balaban J connectivity index is 1.51. The first-order valence-corrected chi connectivity index (χ1v) is 11.1. The number of hydrogen-bond acceptors (Lipinski definition) is 5. The molecule has 0 bridgehead atoms. The van der Waals surface area contributed by atoms with Gasteiger partial charge in [0.15, 0.2) is 0 Å². The zero-order chi connectivity index (χ0) is 24.5. The number of esters is 1. The third-order valence-electron chi connectivity index (χ3n) is 6.51. The zero-order valence-corrected chi connectivity index (χ0v) is 19.0. The smallest absolute Gasteiger partial charge is 0.307 e. The van der Waals surface area contributed by atoms with Crippen LogP contribution in [-0.4, -0.2) is 47.9 Å². The molecule has 2 heterocycles. The van der Waals surface area contributed by atoms with E-state index in [2.05, 4.69) is 5.32 Å². The predicted octanol–water partition coefficient (Wildman–Crippen LogP) is 2.94. The highest BCUT2D eigenvalue weighted by Crippen LogP contribution is 2.43. The first-order chi connectivity index (χ1) is 16.2. The second kappa shape index (κ2) is 9.24. The Morgan fingerprint density at radius 2 is 1.85 bits per heavy atom. The van der Waals surface area contributed by atoms with Crippen molar-refractivity contribution in [1.29, 1.82) is 0 Å². The number of nitrogens with one attached hydrogen (secondary N) is 1. The van der Waals surface area contributed by atoms with E-state index in [0.29, 0.717) is 29.7 Å². The van der Waals surface area contributed by atoms with Crippen molar-refractivity contribution < 1.29 is 28.3 Å². The molecule has 2 aliphatic rings. The van der Waals surface area contributed by atoms with Crippen molar-refractivity contribution >= 4 is 29.4 Å². The maximum absolute atomic E-state index is 13.3. The maximum Gasteiger partial charge on any atom is 0.307 e. The van der Waals surface area contributed by atoms with Crippen molar-refractivity contribution in [3.05, 3.63) is 65.5 Å². The summed E-state index contributed by atoms with van der Waals surface area (Å²) in [7, 11) is 1.25. The second-order valence-electron chi connectivity index (χ2n) is 8.62. The van der Waals surface area contributed by atoms with E-state index in [9.17, 15) is 23.6 Å². The molecule has 9 heteroatoms. The lowest BCUT2D eigenvalue weighted by Gasteiger charge is -2.48. The minimum atomic E-state index is -0.856. The van der Waals surface area contributed by atoms with Crippen LogP contribution in [0, 0.1) is 5.82 Å². The van der Waals surface area contributed by atoms with E-state index < -0.39 is 23.5 Å². The van der Waals surface area contributed by atoms with Gasteiger partial charge in [0.25, 0.3) is 5.91 Å². The number of carbonyl (C=O) groups is 4. The maximum atomic E-state index is 13.3. The highest BCUT2D eigenvalue weighted by atomic mass is 19.1. The number of fused-ring (bicyclic) bond motifs is 3. The fourth-order valence-electron chi connectivity index (χ4n) is 4.72. The van der Waals surface area contributed by atoms with Crippen LogP contribution in [0.2, 0.25) is 0 Å². The molecule has 0 aromatic heterocycles. The Kier molecular flexibility index (Phi) is 6.37.